The number of carbonyl (C=O) groups is 1. The SMILES string of the molecule is CN=C(NCCCC(=O)N1CCc2ccccc21)NC(C)c1ccccc1C. The fraction of sp³-hybridized carbons (Fsp3) is 0.391. The van der Waals surface area contributed by atoms with E-state index in [9.17, 15) is 4.79 Å². The number of para-hydroxylation sites is 1. The molecule has 2 N–H and O–H groups in total. The van der Waals surface area contributed by atoms with Gasteiger partial charge < -0.3 is 15.5 Å². The topological polar surface area (TPSA) is 56.7 Å². The van der Waals surface area contributed by atoms with Gasteiger partial charge in [0, 0.05) is 32.2 Å². The number of amides is 1. The normalized spacial score (nSPS) is 14.5. The number of rotatable bonds is 6. The van der Waals surface area contributed by atoms with Gasteiger partial charge in [-0.25, -0.2) is 0 Å². The molecule has 0 spiro atoms. The van der Waals surface area contributed by atoms with Gasteiger partial charge in [-0.15, -0.1) is 0 Å². The van der Waals surface area contributed by atoms with E-state index in [0.29, 0.717) is 13.0 Å². The lowest BCUT2D eigenvalue weighted by molar-refractivity contribution is -0.118. The Morgan fingerprint density at radius 1 is 1.18 bits per heavy atom. The van der Waals surface area contributed by atoms with Crippen molar-refractivity contribution in [2.24, 2.45) is 4.99 Å². The molecule has 0 radical (unpaired) electrons. The van der Waals surface area contributed by atoms with Crippen LogP contribution in [0.25, 0.3) is 0 Å². The van der Waals surface area contributed by atoms with Gasteiger partial charge in [0.15, 0.2) is 5.96 Å². The maximum atomic E-state index is 12.6. The summed E-state index contributed by atoms with van der Waals surface area (Å²) < 4.78 is 0. The van der Waals surface area contributed by atoms with Gasteiger partial charge in [0.1, 0.15) is 0 Å². The van der Waals surface area contributed by atoms with Crippen LogP contribution in [0.1, 0.15) is 42.5 Å². The van der Waals surface area contributed by atoms with Gasteiger partial charge in [-0.3, -0.25) is 9.79 Å². The Morgan fingerprint density at radius 3 is 2.71 bits per heavy atom. The third-order valence-corrected chi connectivity index (χ3v) is 5.28. The molecule has 5 nitrogen and oxygen atoms in total. The zero-order valence-electron chi connectivity index (χ0n) is 17.0. The van der Waals surface area contributed by atoms with E-state index < -0.39 is 0 Å². The maximum absolute atomic E-state index is 12.6. The van der Waals surface area contributed by atoms with E-state index >= 15 is 0 Å². The molecule has 1 aliphatic heterocycles. The van der Waals surface area contributed by atoms with Crippen LogP contribution in [-0.4, -0.2) is 32.0 Å². The van der Waals surface area contributed by atoms with E-state index in [0.717, 1.165) is 31.0 Å². The van der Waals surface area contributed by atoms with Gasteiger partial charge >= 0.3 is 0 Å². The molecular weight excluding hydrogens is 348 g/mol. The number of aryl methyl sites for hydroxylation is 1. The van der Waals surface area contributed by atoms with E-state index in [2.05, 4.69) is 59.8 Å². The molecule has 0 aliphatic carbocycles. The van der Waals surface area contributed by atoms with Crippen molar-refractivity contribution in [2.75, 3.05) is 25.0 Å². The molecule has 1 heterocycles. The molecule has 28 heavy (non-hydrogen) atoms. The number of fused-ring (bicyclic) bond motifs is 1. The number of benzene rings is 2. The number of nitrogens with one attached hydrogen (secondary N) is 2. The number of guanidine groups is 1. The average molecular weight is 379 g/mol. The summed E-state index contributed by atoms with van der Waals surface area (Å²) in [6, 6.07) is 16.7. The second kappa shape index (κ2) is 9.40. The summed E-state index contributed by atoms with van der Waals surface area (Å²) in [7, 11) is 1.77. The van der Waals surface area contributed by atoms with Crippen molar-refractivity contribution in [3.63, 3.8) is 0 Å². The van der Waals surface area contributed by atoms with E-state index in [1.165, 1.54) is 16.7 Å². The second-order valence-corrected chi connectivity index (χ2v) is 7.25. The molecule has 1 unspecified atom stereocenters. The summed E-state index contributed by atoms with van der Waals surface area (Å²) in [5.74, 6) is 0.956. The molecule has 2 aromatic carbocycles. The van der Waals surface area contributed by atoms with Gasteiger partial charge in [-0.05, 0) is 49.4 Å². The minimum Gasteiger partial charge on any atom is -0.356 e. The largest absolute Gasteiger partial charge is 0.356 e. The summed E-state index contributed by atoms with van der Waals surface area (Å²) >= 11 is 0. The lowest BCUT2D eigenvalue weighted by Gasteiger charge is -2.20. The van der Waals surface area contributed by atoms with Gasteiger partial charge in [-0.1, -0.05) is 42.5 Å². The summed E-state index contributed by atoms with van der Waals surface area (Å²) in [6.07, 6.45) is 2.26. The van der Waals surface area contributed by atoms with Crippen molar-refractivity contribution in [1.29, 1.82) is 0 Å². The lowest BCUT2D eigenvalue weighted by atomic mass is 10.0. The number of nitrogens with zero attached hydrogens (tertiary/aromatic N) is 2. The first-order valence-electron chi connectivity index (χ1n) is 10.0. The molecule has 3 rings (SSSR count). The monoisotopic (exact) mass is 378 g/mol. The standard InChI is InChI=1S/C23H30N4O/c1-17-9-4-6-11-20(17)18(2)26-23(24-3)25-15-8-13-22(28)27-16-14-19-10-5-7-12-21(19)27/h4-7,9-12,18H,8,13-16H2,1-3H3,(H2,24,25,26). The van der Waals surface area contributed by atoms with Crippen molar-refractivity contribution in [3.05, 3.63) is 65.2 Å². The molecule has 1 atom stereocenters. The van der Waals surface area contributed by atoms with Crippen molar-refractivity contribution < 1.29 is 4.79 Å². The molecule has 0 fully saturated rings. The summed E-state index contributed by atoms with van der Waals surface area (Å²) in [4.78, 5) is 18.8. The van der Waals surface area contributed by atoms with Crippen molar-refractivity contribution in [2.45, 2.75) is 39.2 Å². The lowest BCUT2D eigenvalue weighted by Crippen LogP contribution is -2.39. The third kappa shape index (κ3) is 4.71. The second-order valence-electron chi connectivity index (χ2n) is 7.25. The Kier molecular flexibility index (Phi) is 6.69. The Morgan fingerprint density at radius 2 is 1.93 bits per heavy atom. The van der Waals surface area contributed by atoms with Crippen LogP contribution >= 0.6 is 0 Å². The quantitative estimate of drug-likeness (QED) is 0.459. The zero-order chi connectivity index (χ0) is 19.9. The summed E-state index contributed by atoms with van der Waals surface area (Å²) in [6.45, 7) is 5.75. The molecule has 148 valence electrons. The van der Waals surface area contributed by atoms with Crippen LogP contribution in [0, 0.1) is 6.92 Å². The Labute approximate surface area is 167 Å². The maximum Gasteiger partial charge on any atom is 0.227 e. The highest BCUT2D eigenvalue weighted by Gasteiger charge is 2.23. The number of hydrogen-bond acceptors (Lipinski definition) is 2. The first-order valence-corrected chi connectivity index (χ1v) is 10.0. The molecule has 0 saturated heterocycles. The Balaban J connectivity index is 1.44. The van der Waals surface area contributed by atoms with Crippen LogP contribution in [0.3, 0.4) is 0 Å². The fourth-order valence-corrected chi connectivity index (χ4v) is 3.73. The van der Waals surface area contributed by atoms with Gasteiger partial charge in [-0.2, -0.15) is 0 Å². The predicted molar refractivity (Wildman–Crippen MR) is 116 cm³/mol. The summed E-state index contributed by atoms with van der Waals surface area (Å²) in [5, 5.41) is 6.75. The molecule has 0 aromatic heterocycles. The predicted octanol–water partition coefficient (Wildman–Crippen LogP) is 3.59. The molecule has 0 bridgehead atoms. The molecular formula is C23H30N4O. The van der Waals surface area contributed by atoms with Crippen LogP contribution in [0.2, 0.25) is 0 Å². The van der Waals surface area contributed by atoms with Gasteiger partial charge in [0.2, 0.25) is 5.91 Å². The average Bonchev–Trinajstić information content (AvgIpc) is 3.14. The molecule has 1 amide bonds. The van der Waals surface area contributed by atoms with E-state index in [4.69, 9.17) is 0 Å². The number of anilines is 1. The fourth-order valence-electron chi connectivity index (χ4n) is 3.73. The van der Waals surface area contributed by atoms with Gasteiger partial charge in [0.25, 0.3) is 0 Å². The third-order valence-electron chi connectivity index (χ3n) is 5.28. The van der Waals surface area contributed by atoms with Gasteiger partial charge in [0.05, 0.1) is 6.04 Å². The van der Waals surface area contributed by atoms with E-state index in [-0.39, 0.29) is 11.9 Å². The van der Waals surface area contributed by atoms with Crippen molar-refractivity contribution >= 4 is 17.6 Å². The van der Waals surface area contributed by atoms with Crippen LogP contribution in [0.15, 0.2) is 53.5 Å². The first-order chi connectivity index (χ1) is 13.6. The highest BCUT2D eigenvalue weighted by atomic mass is 16.2. The van der Waals surface area contributed by atoms with Crippen LogP contribution < -0.4 is 15.5 Å². The van der Waals surface area contributed by atoms with Crippen molar-refractivity contribution in [1.82, 2.24) is 10.6 Å². The van der Waals surface area contributed by atoms with Crippen molar-refractivity contribution in [3.8, 4) is 0 Å². The minimum absolute atomic E-state index is 0.162. The van der Waals surface area contributed by atoms with E-state index in [1.54, 1.807) is 7.05 Å². The highest BCUT2D eigenvalue weighted by Crippen LogP contribution is 2.28. The first kappa shape index (κ1) is 19.9. The van der Waals surface area contributed by atoms with Crippen LogP contribution in [0.5, 0.6) is 0 Å². The Bertz CT molecular complexity index is 846. The molecule has 2 aromatic rings. The van der Waals surface area contributed by atoms with Crippen LogP contribution in [0.4, 0.5) is 5.69 Å². The zero-order valence-corrected chi connectivity index (χ0v) is 17.0. The molecule has 5 heteroatoms. The summed E-state index contributed by atoms with van der Waals surface area (Å²) in [5.41, 5.74) is 4.86. The number of carbonyl (C=O) groups excluding carboxylic acids is 1. The van der Waals surface area contributed by atoms with E-state index in [1.807, 2.05) is 23.1 Å². The Hall–Kier alpha value is -2.82. The molecule has 0 saturated carbocycles. The number of hydrogen-bond donors (Lipinski definition) is 2. The smallest absolute Gasteiger partial charge is 0.227 e. The number of aliphatic imine (C=N–C) groups is 1. The van der Waals surface area contributed by atoms with Crippen LogP contribution in [-0.2, 0) is 11.2 Å². The highest BCUT2D eigenvalue weighted by molar-refractivity contribution is 5.95. The minimum atomic E-state index is 0.162. The molecule has 1 aliphatic rings.